The second kappa shape index (κ2) is 5.14. The van der Waals surface area contributed by atoms with Crippen LogP contribution in [-0.2, 0) is 4.74 Å². The molecule has 0 unspecified atom stereocenters. The highest BCUT2D eigenvalue weighted by atomic mass is 35.5. The average Bonchev–Trinajstić information content (AvgIpc) is 2.72. The van der Waals surface area contributed by atoms with Gasteiger partial charge in [0.15, 0.2) is 0 Å². The molecule has 2 rings (SSSR count). The Morgan fingerprint density at radius 2 is 2.06 bits per heavy atom. The highest BCUT2D eigenvalue weighted by Crippen LogP contribution is 2.34. The molecule has 7 heteroatoms. The van der Waals surface area contributed by atoms with E-state index in [0.717, 1.165) is 17.4 Å². The lowest BCUT2D eigenvalue weighted by Gasteiger charge is -2.08. The minimum atomic E-state index is 0.519. The fraction of sp³-hybridized carbons (Fsp3) is 0.333. The molecule has 0 aliphatic carbocycles. The number of benzene rings is 1. The molecule has 1 heterocycles. The van der Waals surface area contributed by atoms with Gasteiger partial charge in [0, 0.05) is 13.7 Å². The summed E-state index contributed by atoms with van der Waals surface area (Å²) in [6.07, 6.45) is 0. The van der Waals surface area contributed by atoms with Crippen molar-refractivity contribution in [3.05, 3.63) is 16.1 Å². The number of halogens is 2. The molecule has 1 N–H and O–H groups in total. The summed E-state index contributed by atoms with van der Waals surface area (Å²) in [5, 5.41) is 4.22. The molecule has 0 saturated carbocycles. The molecule has 86 valence electrons. The van der Waals surface area contributed by atoms with Crippen LogP contribution < -0.4 is 5.32 Å². The standard InChI is InChI=1S/C9H9Cl2N3OS/c1-15-3-2-12-7-5(10)4-6(11)8-9(7)14-16-13-8/h4,12H,2-3H2,1H3. The Bertz CT molecular complexity index is 503. The first-order valence-electron chi connectivity index (χ1n) is 4.57. The van der Waals surface area contributed by atoms with E-state index in [1.165, 1.54) is 0 Å². The summed E-state index contributed by atoms with van der Waals surface area (Å²) in [5.41, 5.74) is 2.14. The third kappa shape index (κ3) is 2.22. The van der Waals surface area contributed by atoms with Gasteiger partial charge in [0.1, 0.15) is 11.0 Å². The van der Waals surface area contributed by atoms with Crippen LogP contribution in [0, 0.1) is 0 Å². The lowest BCUT2D eigenvalue weighted by Crippen LogP contribution is -2.08. The number of aromatic nitrogens is 2. The summed E-state index contributed by atoms with van der Waals surface area (Å²) >= 11 is 13.2. The van der Waals surface area contributed by atoms with Crippen LogP contribution in [0.25, 0.3) is 11.0 Å². The van der Waals surface area contributed by atoms with Gasteiger partial charge in [0.05, 0.1) is 34.1 Å². The number of anilines is 1. The van der Waals surface area contributed by atoms with Gasteiger partial charge in [-0.1, -0.05) is 23.2 Å². The van der Waals surface area contributed by atoms with E-state index in [9.17, 15) is 0 Å². The summed E-state index contributed by atoms with van der Waals surface area (Å²) in [7, 11) is 1.64. The van der Waals surface area contributed by atoms with Crippen LogP contribution in [0.4, 0.5) is 5.69 Å². The third-order valence-electron chi connectivity index (χ3n) is 2.05. The first kappa shape index (κ1) is 11.9. The van der Waals surface area contributed by atoms with E-state index in [2.05, 4.69) is 14.1 Å². The maximum Gasteiger partial charge on any atom is 0.130 e. The van der Waals surface area contributed by atoms with Crippen LogP contribution in [-0.4, -0.2) is 29.0 Å². The molecule has 4 nitrogen and oxygen atoms in total. The maximum absolute atomic E-state index is 6.09. The molecule has 1 aromatic carbocycles. The average molecular weight is 278 g/mol. The zero-order chi connectivity index (χ0) is 11.5. The van der Waals surface area contributed by atoms with Crippen LogP contribution in [0.1, 0.15) is 0 Å². The molecule has 0 radical (unpaired) electrons. The Balaban J connectivity index is 2.38. The van der Waals surface area contributed by atoms with Crippen LogP contribution in [0.15, 0.2) is 6.07 Å². The smallest absolute Gasteiger partial charge is 0.130 e. The Morgan fingerprint density at radius 1 is 1.31 bits per heavy atom. The van der Waals surface area contributed by atoms with Crippen molar-refractivity contribution in [3.63, 3.8) is 0 Å². The Hall–Kier alpha value is -0.620. The fourth-order valence-corrected chi connectivity index (χ4v) is 2.50. The van der Waals surface area contributed by atoms with Gasteiger partial charge < -0.3 is 10.1 Å². The molecule has 0 saturated heterocycles. The molecule has 1 aromatic heterocycles. The fourth-order valence-electron chi connectivity index (χ4n) is 1.32. The normalized spacial score (nSPS) is 10.9. The number of methoxy groups -OCH3 is 1. The first-order valence-corrected chi connectivity index (χ1v) is 6.05. The zero-order valence-corrected chi connectivity index (χ0v) is 10.8. The number of rotatable bonds is 4. The van der Waals surface area contributed by atoms with Crippen LogP contribution in [0.2, 0.25) is 10.0 Å². The van der Waals surface area contributed by atoms with Gasteiger partial charge in [0.25, 0.3) is 0 Å². The predicted molar refractivity (Wildman–Crippen MR) is 67.8 cm³/mol. The quantitative estimate of drug-likeness (QED) is 0.873. The molecule has 0 spiro atoms. The topological polar surface area (TPSA) is 47.0 Å². The van der Waals surface area contributed by atoms with Crippen molar-refractivity contribution in [2.24, 2.45) is 0 Å². The number of nitrogens with zero attached hydrogens (tertiary/aromatic N) is 2. The molecule has 0 aliphatic rings. The lowest BCUT2D eigenvalue weighted by atomic mass is 10.2. The molecule has 2 aromatic rings. The van der Waals surface area contributed by atoms with Crippen LogP contribution in [0.5, 0.6) is 0 Å². The molecule has 0 amide bonds. The SMILES string of the molecule is COCCNc1c(Cl)cc(Cl)c2nsnc12. The number of nitrogens with one attached hydrogen (secondary N) is 1. The van der Waals surface area contributed by atoms with Crippen molar-refractivity contribution in [1.82, 2.24) is 8.75 Å². The van der Waals surface area contributed by atoms with E-state index in [4.69, 9.17) is 27.9 Å². The monoisotopic (exact) mass is 277 g/mol. The van der Waals surface area contributed by atoms with Crippen molar-refractivity contribution in [3.8, 4) is 0 Å². The maximum atomic E-state index is 6.09. The van der Waals surface area contributed by atoms with Crippen molar-refractivity contribution in [2.45, 2.75) is 0 Å². The summed E-state index contributed by atoms with van der Waals surface area (Å²) in [6, 6.07) is 1.67. The third-order valence-corrected chi connectivity index (χ3v) is 3.17. The predicted octanol–water partition coefficient (Wildman–Crippen LogP) is 3.06. The summed E-state index contributed by atoms with van der Waals surface area (Å²) in [5.74, 6) is 0. The van der Waals surface area contributed by atoms with Gasteiger partial charge in [0.2, 0.25) is 0 Å². The number of hydrogen-bond acceptors (Lipinski definition) is 5. The second-order valence-electron chi connectivity index (χ2n) is 3.10. The largest absolute Gasteiger partial charge is 0.383 e. The molecule has 0 aliphatic heterocycles. The number of hydrogen-bond donors (Lipinski definition) is 1. The molecule has 0 fully saturated rings. The van der Waals surface area contributed by atoms with E-state index in [1.54, 1.807) is 13.2 Å². The summed E-state index contributed by atoms with van der Waals surface area (Å²) in [6.45, 7) is 1.25. The van der Waals surface area contributed by atoms with Gasteiger partial charge in [-0.15, -0.1) is 0 Å². The van der Waals surface area contributed by atoms with Crippen molar-refractivity contribution < 1.29 is 4.74 Å². The Kier molecular flexibility index (Phi) is 3.81. The van der Waals surface area contributed by atoms with Crippen molar-refractivity contribution in [2.75, 3.05) is 25.6 Å². The lowest BCUT2D eigenvalue weighted by molar-refractivity contribution is 0.211. The van der Waals surface area contributed by atoms with Crippen LogP contribution in [0.3, 0.4) is 0 Å². The summed E-state index contributed by atoms with van der Waals surface area (Å²) < 4.78 is 13.3. The first-order chi connectivity index (χ1) is 7.74. The van der Waals surface area contributed by atoms with E-state index >= 15 is 0 Å². The van der Waals surface area contributed by atoms with Gasteiger partial charge in [-0.05, 0) is 6.07 Å². The van der Waals surface area contributed by atoms with Gasteiger partial charge >= 0.3 is 0 Å². The minimum absolute atomic E-state index is 0.519. The van der Waals surface area contributed by atoms with Gasteiger partial charge in [-0.3, -0.25) is 0 Å². The summed E-state index contributed by atoms with van der Waals surface area (Å²) in [4.78, 5) is 0. The van der Waals surface area contributed by atoms with Crippen molar-refractivity contribution >= 4 is 51.7 Å². The van der Waals surface area contributed by atoms with E-state index in [0.29, 0.717) is 34.2 Å². The zero-order valence-electron chi connectivity index (χ0n) is 8.46. The molecule has 0 bridgehead atoms. The molecule has 0 atom stereocenters. The minimum Gasteiger partial charge on any atom is -0.383 e. The molecular weight excluding hydrogens is 269 g/mol. The number of ether oxygens (including phenoxy) is 1. The van der Waals surface area contributed by atoms with Gasteiger partial charge in [-0.2, -0.15) is 8.75 Å². The van der Waals surface area contributed by atoms with Crippen molar-refractivity contribution in [1.29, 1.82) is 0 Å². The highest BCUT2D eigenvalue weighted by molar-refractivity contribution is 7.00. The number of fused-ring (bicyclic) bond motifs is 1. The molecule has 16 heavy (non-hydrogen) atoms. The van der Waals surface area contributed by atoms with E-state index in [1.807, 2.05) is 0 Å². The second-order valence-corrected chi connectivity index (χ2v) is 4.44. The molecular formula is C9H9Cl2N3OS. The Labute approximate surface area is 107 Å². The van der Waals surface area contributed by atoms with Crippen LogP contribution >= 0.6 is 34.9 Å². The van der Waals surface area contributed by atoms with E-state index < -0.39 is 0 Å². The Morgan fingerprint density at radius 3 is 2.81 bits per heavy atom. The highest BCUT2D eigenvalue weighted by Gasteiger charge is 2.13. The van der Waals surface area contributed by atoms with Gasteiger partial charge in [-0.25, -0.2) is 0 Å². The van der Waals surface area contributed by atoms with E-state index in [-0.39, 0.29) is 0 Å².